The highest BCUT2D eigenvalue weighted by atomic mass is 35.5. The van der Waals surface area contributed by atoms with E-state index in [9.17, 15) is 13.2 Å². The fourth-order valence-electron chi connectivity index (χ4n) is 3.24. The number of piperidine rings is 1. The van der Waals surface area contributed by atoms with E-state index in [1.165, 1.54) is 11.8 Å². The molecule has 0 saturated carbocycles. The Morgan fingerprint density at radius 2 is 1.96 bits per heavy atom. The van der Waals surface area contributed by atoms with Gasteiger partial charge in [0.15, 0.2) is 9.84 Å². The summed E-state index contributed by atoms with van der Waals surface area (Å²) in [5, 5.41) is 4.24. The van der Waals surface area contributed by atoms with Crippen LogP contribution in [0.3, 0.4) is 0 Å². The van der Waals surface area contributed by atoms with Crippen LogP contribution in [0.2, 0.25) is 5.02 Å². The molecule has 1 unspecified atom stereocenters. The Morgan fingerprint density at radius 1 is 1.24 bits per heavy atom. The van der Waals surface area contributed by atoms with Gasteiger partial charge in [0.2, 0.25) is 5.91 Å². The van der Waals surface area contributed by atoms with Gasteiger partial charge in [0.25, 0.3) is 0 Å². The maximum Gasteiger partial charge on any atom is 0.232 e. The largest absolute Gasteiger partial charge is 0.381 e. The number of nitrogens with zero attached hydrogens (tertiary/aromatic N) is 1. The Kier molecular flexibility index (Phi) is 6.17. The zero-order valence-corrected chi connectivity index (χ0v) is 16.4. The number of rotatable bonds is 5. The van der Waals surface area contributed by atoms with E-state index < -0.39 is 9.84 Å². The van der Waals surface area contributed by atoms with Gasteiger partial charge < -0.3 is 10.2 Å². The Bertz CT molecular complexity index is 718. The second kappa shape index (κ2) is 8.18. The van der Waals surface area contributed by atoms with Crippen LogP contribution in [0.4, 0.5) is 5.69 Å². The highest BCUT2D eigenvalue weighted by molar-refractivity contribution is 8.02. The van der Waals surface area contributed by atoms with Crippen LogP contribution >= 0.6 is 23.4 Å². The molecular weight excluding hydrogens is 380 g/mol. The van der Waals surface area contributed by atoms with Crippen LogP contribution in [0, 0.1) is 0 Å². The molecule has 1 N–H and O–H groups in total. The summed E-state index contributed by atoms with van der Waals surface area (Å²) >= 11 is 7.66. The van der Waals surface area contributed by atoms with E-state index in [0.29, 0.717) is 23.2 Å². The molecule has 0 spiro atoms. The van der Waals surface area contributed by atoms with Crippen molar-refractivity contribution in [3.8, 4) is 0 Å². The summed E-state index contributed by atoms with van der Waals surface area (Å²) in [6, 6.07) is 8.00. The van der Waals surface area contributed by atoms with Gasteiger partial charge in [-0.3, -0.25) is 4.79 Å². The fraction of sp³-hybridized carbons (Fsp3) is 0.588. The van der Waals surface area contributed by atoms with Crippen molar-refractivity contribution in [1.82, 2.24) is 4.90 Å². The summed E-state index contributed by atoms with van der Waals surface area (Å²) in [6.45, 7) is 1.45. The topological polar surface area (TPSA) is 66.5 Å². The van der Waals surface area contributed by atoms with Gasteiger partial charge in [0.1, 0.15) is 0 Å². The second-order valence-corrected chi connectivity index (χ2v) is 10.5. The minimum atomic E-state index is -2.87. The Hall–Kier alpha value is -0.920. The quantitative estimate of drug-likeness (QED) is 0.820. The van der Waals surface area contributed by atoms with Crippen molar-refractivity contribution in [2.75, 3.05) is 35.7 Å². The third-order valence-corrected chi connectivity index (χ3v) is 8.31. The van der Waals surface area contributed by atoms with Gasteiger partial charge in [-0.25, -0.2) is 8.42 Å². The Labute approximate surface area is 158 Å². The lowest BCUT2D eigenvalue weighted by Crippen LogP contribution is -2.43. The molecule has 0 aromatic heterocycles. The number of hydrogen-bond acceptors (Lipinski definition) is 5. The fourth-order valence-corrected chi connectivity index (χ4v) is 6.98. The summed E-state index contributed by atoms with van der Waals surface area (Å²) < 4.78 is 22.9. The first-order chi connectivity index (χ1) is 11.9. The standard InChI is InChI=1S/C17H23ClN2O3S2/c18-15-3-1-2-4-16(15)19-13-5-8-20(9-6-13)17(21)11-24-14-7-10-25(22,23)12-14/h1-4,13-14,19H,5-12H2. The van der Waals surface area contributed by atoms with Crippen molar-refractivity contribution < 1.29 is 13.2 Å². The molecule has 2 fully saturated rings. The van der Waals surface area contributed by atoms with Crippen LogP contribution in [-0.2, 0) is 14.6 Å². The minimum absolute atomic E-state index is 0.0772. The van der Waals surface area contributed by atoms with Crippen LogP contribution in [-0.4, -0.2) is 60.9 Å². The minimum Gasteiger partial charge on any atom is -0.381 e. The number of likely N-dealkylation sites (tertiary alicyclic amines) is 1. The predicted molar refractivity (Wildman–Crippen MR) is 104 cm³/mol. The summed E-state index contributed by atoms with van der Waals surface area (Å²) in [6.07, 6.45) is 2.45. The molecule has 0 bridgehead atoms. The number of carbonyl (C=O) groups excluding carboxylic acids is 1. The van der Waals surface area contributed by atoms with Crippen molar-refractivity contribution in [3.63, 3.8) is 0 Å². The van der Waals surface area contributed by atoms with Crippen molar-refractivity contribution in [2.45, 2.75) is 30.6 Å². The average Bonchev–Trinajstić information content (AvgIpc) is 2.94. The van der Waals surface area contributed by atoms with E-state index in [2.05, 4.69) is 5.32 Å². The van der Waals surface area contributed by atoms with Crippen LogP contribution in [0.5, 0.6) is 0 Å². The van der Waals surface area contributed by atoms with Crippen LogP contribution < -0.4 is 5.32 Å². The van der Waals surface area contributed by atoms with E-state index in [4.69, 9.17) is 11.6 Å². The first-order valence-electron chi connectivity index (χ1n) is 8.54. The highest BCUT2D eigenvalue weighted by Gasteiger charge is 2.30. The average molecular weight is 403 g/mol. The van der Waals surface area contributed by atoms with Gasteiger partial charge in [-0.1, -0.05) is 23.7 Å². The Morgan fingerprint density at radius 3 is 2.60 bits per heavy atom. The van der Waals surface area contributed by atoms with Crippen molar-refractivity contribution >= 4 is 44.8 Å². The lowest BCUT2D eigenvalue weighted by molar-refractivity contribution is -0.129. The van der Waals surface area contributed by atoms with E-state index in [-0.39, 0.29) is 22.7 Å². The summed E-state index contributed by atoms with van der Waals surface area (Å²) in [5.41, 5.74) is 0.937. The number of benzene rings is 1. The maximum atomic E-state index is 12.3. The molecule has 8 heteroatoms. The third kappa shape index (κ3) is 5.28. The lowest BCUT2D eigenvalue weighted by Gasteiger charge is -2.33. The normalized spacial score (nSPS) is 23.6. The molecular formula is C17H23ClN2O3S2. The van der Waals surface area contributed by atoms with Gasteiger partial charge in [0.05, 0.1) is 28.0 Å². The van der Waals surface area contributed by atoms with Crippen LogP contribution in [0.25, 0.3) is 0 Å². The van der Waals surface area contributed by atoms with Crippen LogP contribution in [0.15, 0.2) is 24.3 Å². The molecule has 1 aromatic rings. The highest BCUT2D eigenvalue weighted by Crippen LogP contribution is 2.26. The van der Waals surface area contributed by atoms with Gasteiger partial charge >= 0.3 is 0 Å². The van der Waals surface area contributed by atoms with Gasteiger partial charge in [-0.05, 0) is 31.4 Å². The second-order valence-electron chi connectivity index (χ2n) is 6.62. The molecule has 25 heavy (non-hydrogen) atoms. The van der Waals surface area contributed by atoms with Crippen molar-refractivity contribution in [3.05, 3.63) is 29.3 Å². The molecule has 5 nitrogen and oxygen atoms in total. The number of para-hydroxylation sites is 1. The number of amides is 1. The number of sulfone groups is 1. The SMILES string of the molecule is O=C(CSC1CCS(=O)(=O)C1)N1CCC(Nc2ccccc2Cl)CC1. The van der Waals surface area contributed by atoms with Crippen molar-refractivity contribution in [2.24, 2.45) is 0 Å². The zero-order valence-electron chi connectivity index (χ0n) is 14.0. The molecule has 2 heterocycles. The summed E-state index contributed by atoms with van der Waals surface area (Å²) in [5.74, 6) is 0.973. The van der Waals surface area contributed by atoms with Gasteiger partial charge in [-0.2, -0.15) is 0 Å². The number of nitrogens with one attached hydrogen (secondary N) is 1. The summed E-state index contributed by atoms with van der Waals surface area (Å²) in [4.78, 5) is 14.2. The molecule has 1 amide bonds. The maximum absolute atomic E-state index is 12.3. The molecule has 138 valence electrons. The molecule has 2 aliphatic rings. The lowest BCUT2D eigenvalue weighted by atomic mass is 10.0. The zero-order chi connectivity index (χ0) is 17.9. The third-order valence-electron chi connectivity index (χ3n) is 4.71. The molecule has 0 aliphatic carbocycles. The number of thioether (sulfide) groups is 1. The van der Waals surface area contributed by atoms with E-state index in [1.54, 1.807) is 0 Å². The first kappa shape index (κ1) is 18.9. The number of hydrogen-bond donors (Lipinski definition) is 1. The van der Waals surface area contributed by atoms with Crippen LogP contribution in [0.1, 0.15) is 19.3 Å². The van der Waals surface area contributed by atoms with E-state index in [0.717, 1.165) is 31.6 Å². The van der Waals surface area contributed by atoms with Gasteiger partial charge in [-0.15, -0.1) is 11.8 Å². The molecule has 1 aromatic carbocycles. The smallest absolute Gasteiger partial charge is 0.232 e. The predicted octanol–water partition coefficient (Wildman–Crippen LogP) is 2.66. The molecule has 0 radical (unpaired) electrons. The van der Waals surface area contributed by atoms with Crippen molar-refractivity contribution in [1.29, 1.82) is 0 Å². The summed E-state index contributed by atoms with van der Waals surface area (Å²) in [7, 11) is -2.87. The first-order valence-corrected chi connectivity index (χ1v) is 11.8. The van der Waals surface area contributed by atoms with Gasteiger partial charge in [0, 0.05) is 24.4 Å². The number of halogens is 1. The molecule has 2 aliphatic heterocycles. The van der Waals surface area contributed by atoms with E-state index >= 15 is 0 Å². The molecule has 2 saturated heterocycles. The number of anilines is 1. The monoisotopic (exact) mass is 402 g/mol. The molecule has 1 atom stereocenters. The Balaban J connectivity index is 1.41. The molecule has 3 rings (SSSR count). The van der Waals surface area contributed by atoms with E-state index in [1.807, 2.05) is 29.2 Å². The number of carbonyl (C=O) groups is 1.